The van der Waals surface area contributed by atoms with Crippen LogP contribution in [0.2, 0.25) is 26.2 Å². The molecule has 4 rings (SSSR count). The van der Waals surface area contributed by atoms with Crippen LogP contribution in [0.4, 0.5) is 0 Å². The fraction of sp³-hybridized carbons (Fsp3) is 0.405. The lowest BCUT2D eigenvalue weighted by molar-refractivity contribution is 0.449. The van der Waals surface area contributed by atoms with Crippen molar-refractivity contribution in [2.45, 2.75) is 91.4 Å². The summed E-state index contributed by atoms with van der Waals surface area (Å²) in [5, 5.41) is 2.60. The van der Waals surface area contributed by atoms with E-state index >= 15 is 0 Å². The molecule has 2 nitrogen and oxygen atoms in total. The second-order valence-corrected chi connectivity index (χ2v) is 20.6. The average molecular weight is 583 g/mol. The summed E-state index contributed by atoms with van der Waals surface area (Å²) >= 11 is 0. The molecular formula is C37H50O2Si2. The monoisotopic (exact) mass is 582 g/mol. The van der Waals surface area contributed by atoms with Gasteiger partial charge in [-0.1, -0.05) is 104 Å². The van der Waals surface area contributed by atoms with Crippen LogP contribution in [0.5, 0.6) is 11.5 Å². The third kappa shape index (κ3) is 7.72. The number of hydrogen-bond donors (Lipinski definition) is 0. The molecule has 2 unspecified atom stereocenters. The SMILES string of the molecule is C=C(C)C1CCC(C)=CC1c1c(O[Si](C)(C)c2ccccc2)cc(CCCCC)cc1O[Si](C)(C)c1ccccc1. The first-order valence-corrected chi connectivity index (χ1v) is 21.3. The van der Waals surface area contributed by atoms with Crippen molar-refractivity contribution >= 4 is 27.0 Å². The summed E-state index contributed by atoms with van der Waals surface area (Å²) in [5.41, 5.74) is 5.20. The standard InChI is InChI=1S/C37H50O2Si2/c1-9-10-13-18-30-26-35(38-40(5,6)31-19-14-11-15-20-31)37(34-25-29(4)23-24-33(34)28(2)3)36(27-30)39-41(7,8)32-21-16-12-17-22-32/h11-12,14-17,19-22,25-27,33-34H,2,9-10,13,18,23-24H2,1,3-8H3. The molecule has 0 amide bonds. The van der Waals surface area contributed by atoms with Crippen molar-refractivity contribution in [2.24, 2.45) is 5.92 Å². The quantitative estimate of drug-likeness (QED) is 0.120. The van der Waals surface area contributed by atoms with Gasteiger partial charge in [0.2, 0.25) is 0 Å². The van der Waals surface area contributed by atoms with E-state index < -0.39 is 16.6 Å². The van der Waals surface area contributed by atoms with E-state index in [-0.39, 0.29) is 5.92 Å². The van der Waals surface area contributed by atoms with E-state index in [9.17, 15) is 0 Å². The molecular weight excluding hydrogens is 533 g/mol. The van der Waals surface area contributed by atoms with Crippen LogP contribution in [0, 0.1) is 5.92 Å². The molecule has 0 spiro atoms. The molecule has 0 saturated carbocycles. The van der Waals surface area contributed by atoms with Crippen LogP contribution < -0.4 is 19.2 Å². The summed E-state index contributed by atoms with van der Waals surface area (Å²) in [6.45, 7) is 20.5. The molecule has 0 saturated heterocycles. The molecule has 218 valence electrons. The molecule has 0 bridgehead atoms. The van der Waals surface area contributed by atoms with Crippen LogP contribution in [0.3, 0.4) is 0 Å². The summed E-state index contributed by atoms with van der Waals surface area (Å²) in [6, 6.07) is 26.3. The molecule has 0 radical (unpaired) electrons. The largest absolute Gasteiger partial charge is 0.539 e. The van der Waals surface area contributed by atoms with Crippen molar-refractivity contribution < 1.29 is 8.85 Å². The van der Waals surface area contributed by atoms with Crippen molar-refractivity contribution in [3.63, 3.8) is 0 Å². The van der Waals surface area contributed by atoms with Gasteiger partial charge in [-0.15, -0.1) is 0 Å². The topological polar surface area (TPSA) is 18.5 Å². The van der Waals surface area contributed by atoms with Gasteiger partial charge in [0.25, 0.3) is 16.6 Å². The lowest BCUT2D eigenvalue weighted by Crippen LogP contribution is -2.49. The zero-order valence-electron chi connectivity index (χ0n) is 26.4. The number of allylic oxidation sites excluding steroid dienone is 3. The fourth-order valence-corrected chi connectivity index (χ4v) is 9.79. The van der Waals surface area contributed by atoms with Crippen LogP contribution in [0.25, 0.3) is 0 Å². The minimum atomic E-state index is -2.28. The summed E-state index contributed by atoms with van der Waals surface area (Å²) in [4.78, 5) is 0. The number of aryl methyl sites for hydroxylation is 1. The molecule has 0 aliphatic heterocycles. The maximum absolute atomic E-state index is 7.26. The summed E-state index contributed by atoms with van der Waals surface area (Å²) in [5.74, 6) is 2.55. The molecule has 1 aliphatic carbocycles. The van der Waals surface area contributed by atoms with Gasteiger partial charge in [0.05, 0.1) is 0 Å². The van der Waals surface area contributed by atoms with Crippen LogP contribution in [-0.4, -0.2) is 16.6 Å². The summed E-state index contributed by atoms with van der Waals surface area (Å²) in [6.07, 6.45) is 9.34. The van der Waals surface area contributed by atoms with Crippen LogP contribution >= 0.6 is 0 Å². The Labute approximate surface area is 251 Å². The summed E-state index contributed by atoms with van der Waals surface area (Å²) in [7, 11) is -4.55. The van der Waals surface area contributed by atoms with E-state index in [1.165, 1.54) is 51.9 Å². The predicted molar refractivity (Wildman–Crippen MR) is 182 cm³/mol. The van der Waals surface area contributed by atoms with E-state index in [2.05, 4.69) is 132 Å². The molecule has 0 heterocycles. The molecule has 3 aromatic rings. The second kappa shape index (κ2) is 13.4. The molecule has 0 N–H and O–H groups in total. The van der Waals surface area contributed by atoms with E-state index in [0.717, 1.165) is 30.8 Å². The first-order valence-electron chi connectivity index (χ1n) is 15.5. The Kier molecular flexibility index (Phi) is 10.2. The average Bonchev–Trinajstić information content (AvgIpc) is 2.93. The molecule has 1 aliphatic rings. The minimum Gasteiger partial charge on any atom is -0.539 e. The first-order chi connectivity index (χ1) is 19.5. The van der Waals surface area contributed by atoms with Gasteiger partial charge < -0.3 is 8.85 Å². The fourth-order valence-electron chi connectivity index (χ4n) is 6.13. The molecule has 4 heteroatoms. The highest BCUT2D eigenvalue weighted by atomic mass is 28.4. The van der Waals surface area contributed by atoms with Gasteiger partial charge in [0, 0.05) is 11.5 Å². The Bertz CT molecular complexity index is 1270. The molecule has 0 aromatic heterocycles. The van der Waals surface area contributed by atoms with Crippen molar-refractivity contribution in [2.75, 3.05) is 0 Å². The van der Waals surface area contributed by atoms with Crippen molar-refractivity contribution in [1.29, 1.82) is 0 Å². The zero-order chi connectivity index (χ0) is 29.6. The lowest BCUT2D eigenvalue weighted by Gasteiger charge is -2.36. The zero-order valence-corrected chi connectivity index (χ0v) is 28.4. The van der Waals surface area contributed by atoms with Gasteiger partial charge in [-0.3, -0.25) is 0 Å². The van der Waals surface area contributed by atoms with Gasteiger partial charge in [0.15, 0.2) is 0 Å². The molecule has 2 atom stereocenters. The van der Waals surface area contributed by atoms with Crippen LogP contribution in [0.15, 0.2) is 96.6 Å². The normalized spacial score (nSPS) is 17.6. The first kappa shape index (κ1) is 31.1. The molecule has 0 fully saturated rings. The van der Waals surface area contributed by atoms with Gasteiger partial charge in [0.1, 0.15) is 11.5 Å². The number of rotatable bonds is 12. The third-order valence-electron chi connectivity index (χ3n) is 8.61. The third-order valence-corrected chi connectivity index (χ3v) is 13.5. The smallest absolute Gasteiger partial charge is 0.276 e. The molecule has 3 aromatic carbocycles. The van der Waals surface area contributed by atoms with E-state index in [4.69, 9.17) is 8.85 Å². The van der Waals surface area contributed by atoms with Crippen molar-refractivity contribution in [3.8, 4) is 11.5 Å². The van der Waals surface area contributed by atoms with Crippen molar-refractivity contribution in [1.82, 2.24) is 0 Å². The van der Waals surface area contributed by atoms with Crippen molar-refractivity contribution in [3.05, 3.63) is 108 Å². The Morgan fingerprint density at radius 3 is 1.80 bits per heavy atom. The van der Waals surface area contributed by atoms with Gasteiger partial charge >= 0.3 is 0 Å². The maximum atomic E-state index is 7.26. The predicted octanol–water partition coefficient (Wildman–Crippen LogP) is 9.42. The van der Waals surface area contributed by atoms with E-state index in [1.54, 1.807) is 0 Å². The highest BCUT2D eigenvalue weighted by molar-refractivity contribution is 6.85. The highest BCUT2D eigenvalue weighted by Gasteiger charge is 2.36. The Balaban J connectivity index is 1.93. The number of unbranched alkanes of at least 4 members (excludes halogenated alkanes) is 2. The highest BCUT2D eigenvalue weighted by Crippen LogP contribution is 2.48. The van der Waals surface area contributed by atoms with Gasteiger partial charge in [-0.25, -0.2) is 0 Å². The minimum absolute atomic E-state index is 0.178. The van der Waals surface area contributed by atoms with Crippen LogP contribution in [-0.2, 0) is 6.42 Å². The number of benzene rings is 3. The maximum Gasteiger partial charge on any atom is 0.276 e. The van der Waals surface area contributed by atoms with E-state index in [0.29, 0.717) is 5.92 Å². The molecule has 41 heavy (non-hydrogen) atoms. The Morgan fingerprint density at radius 2 is 1.34 bits per heavy atom. The second-order valence-electron chi connectivity index (χ2n) is 12.9. The van der Waals surface area contributed by atoms with E-state index in [1.807, 2.05) is 0 Å². The van der Waals surface area contributed by atoms with Crippen LogP contribution in [0.1, 0.15) is 69.9 Å². The Hall–Kier alpha value is -2.83. The van der Waals surface area contributed by atoms with Gasteiger partial charge in [-0.05, 0) is 99.7 Å². The lowest BCUT2D eigenvalue weighted by atomic mass is 9.73. The summed E-state index contributed by atoms with van der Waals surface area (Å²) < 4.78 is 14.5. The Morgan fingerprint density at radius 1 is 0.829 bits per heavy atom. The van der Waals surface area contributed by atoms with Gasteiger partial charge in [-0.2, -0.15) is 0 Å². The number of hydrogen-bond acceptors (Lipinski definition) is 2.